The molecule has 0 bridgehead atoms. The number of nitrogen functional groups attached to an aromatic ring is 1. The zero-order valence-corrected chi connectivity index (χ0v) is 24.5. The van der Waals surface area contributed by atoms with Crippen LogP contribution in [0.4, 0.5) is 9.93 Å². The number of urea groups is 1. The summed E-state index contributed by atoms with van der Waals surface area (Å²) < 4.78 is 12.6. The van der Waals surface area contributed by atoms with Crippen LogP contribution < -0.4 is 26.8 Å². The summed E-state index contributed by atoms with van der Waals surface area (Å²) >= 11 is 1.17. The van der Waals surface area contributed by atoms with Crippen LogP contribution in [0, 0.1) is 0 Å². The van der Waals surface area contributed by atoms with Crippen LogP contribution in [-0.2, 0) is 20.7 Å². The first-order chi connectivity index (χ1) is 20.5. The fourth-order valence-electron chi connectivity index (χ4n) is 5.42. The van der Waals surface area contributed by atoms with Gasteiger partial charge in [-0.15, -0.1) is 11.3 Å². The summed E-state index contributed by atoms with van der Waals surface area (Å²) in [5, 5.41) is 17.7. The number of fused-ring (bicyclic) bond motifs is 1. The SMILES string of the molecule is C=C(N[C@H]1Cc2cccc(C(=O)O)c2OB1OC1(C)CCC1)C(NC(=O)N1CCN(CCN)C(=O)C1=O)c1csc(N)n1. The van der Waals surface area contributed by atoms with Crippen LogP contribution in [0.25, 0.3) is 0 Å². The van der Waals surface area contributed by atoms with Crippen molar-refractivity contribution < 1.29 is 33.6 Å². The van der Waals surface area contributed by atoms with Gasteiger partial charge in [-0.1, -0.05) is 18.7 Å². The van der Waals surface area contributed by atoms with E-state index in [1.54, 1.807) is 17.5 Å². The van der Waals surface area contributed by atoms with Crippen molar-refractivity contribution in [2.75, 3.05) is 31.9 Å². The number of rotatable bonds is 10. The van der Waals surface area contributed by atoms with E-state index < -0.39 is 48.5 Å². The summed E-state index contributed by atoms with van der Waals surface area (Å²) in [5.74, 6) is -3.15. The molecule has 1 unspecified atom stereocenters. The number of hydrogen-bond acceptors (Lipinski definition) is 11. The standard InChI is InChI=1S/C27H34BN7O7S/c1-15(20(18-14-43-25(30)32-18)33-26(40)35-12-11-34(10-9-29)22(36)23(35)37)31-19-13-16-5-3-6-17(24(38)39)21(16)41-28(19)42-27(2)7-4-8-27/h3,5-6,14,19-20,31H,1,4,7-13,29H2,2H3,(H2,30,32)(H,33,40)(H,38,39)/t19-,20?/m0/s1. The number of hydrogen-bond donors (Lipinski definition) is 5. The minimum Gasteiger partial charge on any atom is -0.534 e. The monoisotopic (exact) mass is 611 g/mol. The average Bonchev–Trinajstić information content (AvgIpc) is 3.38. The number of carbonyl (C=O) groups excluding carboxylic acids is 3. The molecule has 1 aliphatic carbocycles. The van der Waals surface area contributed by atoms with E-state index in [1.807, 2.05) is 6.92 Å². The van der Waals surface area contributed by atoms with Crippen molar-refractivity contribution in [2.45, 2.75) is 50.2 Å². The molecule has 0 radical (unpaired) electrons. The van der Waals surface area contributed by atoms with Gasteiger partial charge in [-0.05, 0) is 44.2 Å². The number of nitrogens with two attached hydrogens (primary N) is 2. The van der Waals surface area contributed by atoms with E-state index in [0.717, 1.165) is 24.2 Å². The molecule has 3 heterocycles. The second-order valence-electron chi connectivity index (χ2n) is 11.0. The van der Waals surface area contributed by atoms with E-state index >= 15 is 0 Å². The molecule has 2 aromatic rings. The Balaban J connectivity index is 1.38. The lowest BCUT2D eigenvalue weighted by Crippen LogP contribution is -2.60. The van der Waals surface area contributed by atoms with Gasteiger partial charge in [0.2, 0.25) is 0 Å². The highest BCUT2D eigenvalue weighted by atomic mass is 32.1. The summed E-state index contributed by atoms with van der Waals surface area (Å²) in [5.41, 5.74) is 12.4. The predicted molar refractivity (Wildman–Crippen MR) is 158 cm³/mol. The summed E-state index contributed by atoms with van der Waals surface area (Å²) in [4.78, 5) is 57.0. The number of imide groups is 1. The molecule has 2 fully saturated rings. The van der Waals surface area contributed by atoms with Crippen LogP contribution in [0.2, 0.25) is 0 Å². The van der Waals surface area contributed by atoms with Crippen molar-refractivity contribution in [1.29, 1.82) is 0 Å². The molecular formula is C27H34BN7O7S. The van der Waals surface area contributed by atoms with Crippen LogP contribution in [0.1, 0.15) is 53.8 Å². The average molecular weight is 611 g/mol. The molecule has 4 amide bonds. The Bertz CT molecular complexity index is 1450. The molecule has 14 nitrogen and oxygen atoms in total. The smallest absolute Gasteiger partial charge is 0.534 e. The minimum absolute atomic E-state index is 0.00408. The Kier molecular flexibility index (Phi) is 8.62. The number of nitrogens with one attached hydrogen (secondary N) is 2. The van der Waals surface area contributed by atoms with Crippen molar-refractivity contribution in [3.05, 3.63) is 52.7 Å². The minimum atomic E-state index is -1.11. The number of amides is 4. The molecule has 228 valence electrons. The quantitative estimate of drug-likeness (QED) is 0.189. The van der Waals surface area contributed by atoms with Crippen LogP contribution in [0.3, 0.4) is 0 Å². The van der Waals surface area contributed by atoms with Gasteiger partial charge in [0.1, 0.15) is 11.8 Å². The number of thiazole rings is 1. The first-order valence-electron chi connectivity index (χ1n) is 14.0. The van der Waals surface area contributed by atoms with E-state index in [2.05, 4.69) is 22.2 Å². The molecule has 43 heavy (non-hydrogen) atoms. The molecule has 1 aromatic carbocycles. The van der Waals surface area contributed by atoms with E-state index in [0.29, 0.717) is 23.4 Å². The molecule has 2 aliphatic heterocycles. The Hall–Kier alpha value is -4.15. The van der Waals surface area contributed by atoms with Crippen molar-refractivity contribution >= 4 is 47.4 Å². The lowest BCUT2D eigenvalue weighted by atomic mass is 9.69. The normalized spacial score (nSPS) is 20.0. The van der Waals surface area contributed by atoms with Gasteiger partial charge in [0, 0.05) is 37.3 Å². The number of carboxylic acid groups (broad SMARTS) is 1. The van der Waals surface area contributed by atoms with Crippen molar-refractivity contribution in [1.82, 2.24) is 25.4 Å². The number of benzene rings is 1. The molecular weight excluding hydrogens is 577 g/mol. The molecule has 1 saturated heterocycles. The van der Waals surface area contributed by atoms with Crippen molar-refractivity contribution in [3.8, 4) is 5.75 Å². The van der Waals surface area contributed by atoms with Crippen molar-refractivity contribution in [2.24, 2.45) is 5.73 Å². The lowest BCUT2D eigenvalue weighted by Gasteiger charge is -2.43. The molecule has 2 atom stereocenters. The number of carbonyl (C=O) groups is 4. The van der Waals surface area contributed by atoms with E-state index in [4.69, 9.17) is 20.8 Å². The van der Waals surface area contributed by atoms with Gasteiger partial charge >= 0.3 is 30.9 Å². The maximum Gasteiger partial charge on any atom is 0.550 e. The van der Waals surface area contributed by atoms with Crippen LogP contribution in [-0.4, -0.2) is 88.5 Å². The zero-order valence-electron chi connectivity index (χ0n) is 23.7. The maximum absolute atomic E-state index is 13.3. The van der Waals surface area contributed by atoms with E-state index in [9.17, 15) is 24.3 Å². The number of nitrogens with zero attached hydrogens (tertiary/aromatic N) is 3. The fraction of sp³-hybridized carbons (Fsp3) is 0.444. The number of piperazine rings is 1. The Morgan fingerprint density at radius 2 is 2.09 bits per heavy atom. The number of aromatic nitrogens is 1. The van der Waals surface area contributed by atoms with Gasteiger partial charge in [-0.3, -0.25) is 14.5 Å². The predicted octanol–water partition coefficient (Wildman–Crippen LogP) is 0.897. The Labute approximate surface area is 252 Å². The molecule has 5 rings (SSSR count). The first-order valence-corrected chi connectivity index (χ1v) is 14.8. The Morgan fingerprint density at radius 1 is 1.33 bits per heavy atom. The first kappa shape index (κ1) is 30.3. The largest absolute Gasteiger partial charge is 0.550 e. The van der Waals surface area contributed by atoms with Crippen LogP contribution in [0.15, 0.2) is 35.9 Å². The molecule has 16 heteroatoms. The number of para-hydroxylation sites is 1. The van der Waals surface area contributed by atoms with Gasteiger partial charge < -0.3 is 41.4 Å². The van der Waals surface area contributed by atoms with Gasteiger partial charge in [-0.2, -0.15) is 0 Å². The number of anilines is 1. The molecule has 3 aliphatic rings. The van der Waals surface area contributed by atoms with Crippen LogP contribution in [0.5, 0.6) is 5.75 Å². The zero-order chi connectivity index (χ0) is 30.9. The lowest BCUT2D eigenvalue weighted by molar-refractivity contribution is -0.153. The van der Waals surface area contributed by atoms with E-state index in [-0.39, 0.29) is 42.6 Å². The maximum atomic E-state index is 13.3. The highest BCUT2D eigenvalue weighted by Crippen LogP contribution is 2.39. The van der Waals surface area contributed by atoms with Gasteiger partial charge in [0.15, 0.2) is 5.13 Å². The highest BCUT2D eigenvalue weighted by Gasteiger charge is 2.46. The van der Waals surface area contributed by atoms with Crippen molar-refractivity contribution in [3.63, 3.8) is 0 Å². The highest BCUT2D eigenvalue weighted by molar-refractivity contribution is 7.13. The van der Waals surface area contributed by atoms with Gasteiger partial charge in [0.25, 0.3) is 0 Å². The summed E-state index contributed by atoms with van der Waals surface area (Å²) in [6.07, 6.45) is 3.00. The van der Waals surface area contributed by atoms with Gasteiger partial charge in [0.05, 0.1) is 22.8 Å². The van der Waals surface area contributed by atoms with Crippen LogP contribution >= 0.6 is 11.3 Å². The fourth-order valence-corrected chi connectivity index (χ4v) is 6.00. The third-order valence-electron chi connectivity index (χ3n) is 7.92. The second-order valence-corrected chi connectivity index (χ2v) is 11.9. The van der Waals surface area contributed by atoms with E-state index in [1.165, 1.54) is 22.3 Å². The summed E-state index contributed by atoms with van der Waals surface area (Å²) in [6.45, 7) is 6.72. The number of aromatic carboxylic acids is 1. The molecule has 0 spiro atoms. The van der Waals surface area contributed by atoms with Gasteiger partial charge in [-0.25, -0.2) is 14.6 Å². The molecule has 1 saturated carbocycles. The third-order valence-corrected chi connectivity index (χ3v) is 8.61. The third kappa shape index (κ3) is 6.31. The Morgan fingerprint density at radius 3 is 2.72 bits per heavy atom. The second kappa shape index (κ2) is 12.2. The molecule has 7 N–H and O–H groups in total. The topological polar surface area (TPSA) is 202 Å². The summed E-state index contributed by atoms with van der Waals surface area (Å²) in [7, 11) is -0.873. The number of carboxylic acids is 1. The summed E-state index contributed by atoms with van der Waals surface area (Å²) in [6, 6.07) is 3.18. The molecule has 1 aromatic heterocycles.